The predicted molar refractivity (Wildman–Crippen MR) is 84.7 cm³/mol. The van der Waals surface area contributed by atoms with Crippen molar-refractivity contribution >= 4 is 11.7 Å². The van der Waals surface area contributed by atoms with Gasteiger partial charge in [-0.1, -0.05) is 12.1 Å². The molecule has 5 heteroatoms. The van der Waals surface area contributed by atoms with Crippen LogP contribution in [0.5, 0.6) is 11.5 Å². The lowest BCUT2D eigenvalue weighted by Crippen LogP contribution is -2.10. The molecular formula is C17H18NO4. The zero-order chi connectivity index (χ0) is 16.1. The molecule has 0 saturated heterocycles. The summed E-state index contributed by atoms with van der Waals surface area (Å²) in [5.74, 6) is -0.0683. The number of methoxy groups -OCH3 is 1. The van der Waals surface area contributed by atoms with E-state index in [0.717, 1.165) is 11.3 Å². The second kappa shape index (κ2) is 6.85. The molecule has 0 amide bonds. The summed E-state index contributed by atoms with van der Waals surface area (Å²) in [6.45, 7) is -0.424. The standard InChI is InChI=1S/C17H18NO4/c1-18(2)13-9-7-12(8-10-13)17-14(21-3)5-4-6-15(17)22-11-16(19)20/h4-5,7-10H,11H2,1-3H3,(H,19,20). The van der Waals surface area contributed by atoms with Gasteiger partial charge in [0.1, 0.15) is 11.5 Å². The van der Waals surface area contributed by atoms with Crippen LogP contribution < -0.4 is 14.4 Å². The van der Waals surface area contributed by atoms with Crippen molar-refractivity contribution in [3.05, 3.63) is 42.5 Å². The van der Waals surface area contributed by atoms with Crippen molar-refractivity contribution in [3.63, 3.8) is 0 Å². The van der Waals surface area contributed by atoms with Crippen molar-refractivity contribution in [1.29, 1.82) is 0 Å². The number of benzene rings is 2. The first-order chi connectivity index (χ1) is 10.5. The average Bonchev–Trinajstić information content (AvgIpc) is 2.52. The zero-order valence-electron chi connectivity index (χ0n) is 12.8. The molecule has 0 aliphatic carbocycles. The van der Waals surface area contributed by atoms with Crippen molar-refractivity contribution in [3.8, 4) is 22.6 Å². The Morgan fingerprint density at radius 3 is 2.45 bits per heavy atom. The molecule has 0 saturated carbocycles. The normalized spacial score (nSPS) is 10.1. The molecule has 0 fully saturated rings. The molecule has 2 aromatic carbocycles. The van der Waals surface area contributed by atoms with E-state index >= 15 is 0 Å². The van der Waals surface area contributed by atoms with E-state index in [1.165, 1.54) is 0 Å². The van der Waals surface area contributed by atoms with Crippen molar-refractivity contribution in [2.24, 2.45) is 0 Å². The van der Waals surface area contributed by atoms with E-state index in [1.54, 1.807) is 19.2 Å². The molecule has 0 heterocycles. The van der Waals surface area contributed by atoms with Gasteiger partial charge in [-0.05, 0) is 29.8 Å². The van der Waals surface area contributed by atoms with Gasteiger partial charge in [0.05, 0.1) is 12.7 Å². The number of carboxylic acid groups (broad SMARTS) is 1. The van der Waals surface area contributed by atoms with Crippen LogP contribution in [0.4, 0.5) is 5.69 Å². The number of carbonyl (C=O) groups is 1. The lowest BCUT2D eigenvalue weighted by molar-refractivity contribution is -0.139. The molecule has 0 spiro atoms. The summed E-state index contributed by atoms with van der Waals surface area (Å²) in [5, 5.41) is 8.78. The molecule has 0 aliphatic rings. The zero-order valence-corrected chi connectivity index (χ0v) is 12.8. The van der Waals surface area contributed by atoms with Gasteiger partial charge in [-0.3, -0.25) is 0 Å². The van der Waals surface area contributed by atoms with Crippen LogP contribution in [-0.2, 0) is 4.79 Å². The van der Waals surface area contributed by atoms with Crippen LogP contribution in [0.15, 0.2) is 36.4 Å². The molecule has 115 valence electrons. The second-order valence-corrected chi connectivity index (χ2v) is 4.87. The molecule has 2 aromatic rings. The molecule has 22 heavy (non-hydrogen) atoms. The molecule has 0 aromatic heterocycles. The summed E-state index contributed by atoms with van der Waals surface area (Å²) < 4.78 is 10.7. The maximum Gasteiger partial charge on any atom is 0.341 e. The van der Waals surface area contributed by atoms with Gasteiger partial charge in [-0.25, -0.2) is 4.79 Å². The Kier molecular flexibility index (Phi) is 4.88. The molecule has 1 radical (unpaired) electrons. The van der Waals surface area contributed by atoms with Gasteiger partial charge < -0.3 is 19.5 Å². The van der Waals surface area contributed by atoms with Crippen molar-refractivity contribution in [1.82, 2.24) is 0 Å². The Labute approximate surface area is 129 Å². The molecule has 0 atom stereocenters. The summed E-state index contributed by atoms with van der Waals surface area (Å²) in [5.41, 5.74) is 2.63. The van der Waals surface area contributed by atoms with Gasteiger partial charge in [0.25, 0.3) is 0 Å². The minimum atomic E-state index is -1.04. The van der Waals surface area contributed by atoms with Crippen LogP contribution in [0.2, 0.25) is 0 Å². The number of aliphatic carboxylic acids is 1. The number of carboxylic acids is 1. The predicted octanol–water partition coefficient (Wildman–Crippen LogP) is 2.69. The fraction of sp³-hybridized carbons (Fsp3) is 0.235. The fourth-order valence-corrected chi connectivity index (χ4v) is 2.08. The number of hydrogen-bond acceptors (Lipinski definition) is 4. The topological polar surface area (TPSA) is 59.0 Å². The SMILES string of the molecule is COc1cc[c]c(OCC(=O)O)c1-c1ccc(N(C)C)cc1. The van der Waals surface area contributed by atoms with Crippen LogP contribution in [0, 0.1) is 6.07 Å². The summed E-state index contributed by atoms with van der Waals surface area (Å²) in [7, 11) is 5.49. The lowest BCUT2D eigenvalue weighted by atomic mass is 10.0. The molecule has 5 nitrogen and oxygen atoms in total. The number of rotatable bonds is 6. The molecular weight excluding hydrogens is 282 g/mol. The highest BCUT2D eigenvalue weighted by Crippen LogP contribution is 2.38. The number of nitrogens with zero attached hydrogens (tertiary/aromatic N) is 1. The maximum absolute atomic E-state index is 10.7. The van der Waals surface area contributed by atoms with E-state index in [9.17, 15) is 4.79 Å². The second-order valence-electron chi connectivity index (χ2n) is 4.87. The smallest absolute Gasteiger partial charge is 0.341 e. The monoisotopic (exact) mass is 300 g/mol. The Hall–Kier alpha value is -2.69. The van der Waals surface area contributed by atoms with Crippen LogP contribution in [0.25, 0.3) is 11.1 Å². The van der Waals surface area contributed by atoms with Gasteiger partial charge in [0.15, 0.2) is 6.61 Å². The third kappa shape index (κ3) is 3.49. The van der Waals surface area contributed by atoms with Crippen LogP contribution >= 0.6 is 0 Å². The van der Waals surface area contributed by atoms with E-state index in [0.29, 0.717) is 17.1 Å². The summed E-state index contributed by atoms with van der Waals surface area (Å²) in [4.78, 5) is 12.7. The molecule has 0 unspecified atom stereocenters. The maximum atomic E-state index is 10.7. The Balaban J connectivity index is 2.44. The number of hydrogen-bond donors (Lipinski definition) is 1. The van der Waals surface area contributed by atoms with E-state index in [4.69, 9.17) is 14.6 Å². The third-order valence-electron chi connectivity index (χ3n) is 3.15. The Bertz CT molecular complexity index is 650. The first kappa shape index (κ1) is 15.7. The highest BCUT2D eigenvalue weighted by molar-refractivity contribution is 5.78. The minimum absolute atomic E-state index is 0.361. The van der Waals surface area contributed by atoms with Crippen molar-refractivity contribution in [2.75, 3.05) is 32.7 Å². The summed E-state index contributed by atoms with van der Waals surface area (Å²) in [6, 6.07) is 14.2. The summed E-state index contributed by atoms with van der Waals surface area (Å²) in [6.07, 6.45) is 0. The lowest BCUT2D eigenvalue weighted by Gasteiger charge is -2.16. The average molecular weight is 300 g/mol. The van der Waals surface area contributed by atoms with E-state index in [2.05, 4.69) is 6.07 Å². The molecule has 2 rings (SSSR count). The summed E-state index contributed by atoms with van der Waals surface area (Å²) >= 11 is 0. The third-order valence-corrected chi connectivity index (χ3v) is 3.15. The van der Waals surface area contributed by atoms with E-state index in [-0.39, 0.29) is 0 Å². The highest BCUT2D eigenvalue weighted by atomic mass is 16.5. The largest absolute Gasteiger partial charge is 0.496 e. The van der Waals surface area contributed by atoms with Gasteiger partial charge in [-0.15, -0.1) is 0 Å². The van der Waals surface area contributed by atoms with Crippen LogP contribution in [0.3, 0.4) is 0 Å². The van der Waals surface area contributed by atoms with Crippen LogP contribution in [-0.4, -0.2) is 38.9 Å². The van der Waals surface area contributed by atoms with Gasteiger partial charge in [0, 0.05) is 25.8 Å². The van der Waals surface area contributed by atoms with Gasteiger partial charge in [-0.2, -0.15) is 0 Å². The first-order valence-electron chi connectivity index (χ1n) is 6.74. The Morgan fingerprint density at radius 2 is 1.91 bits per heavy atom. The molecule has 0 aliphatic heterocycles. The van der Waals surface area contributed by atoms with E-state index < -0.39 is 12.6 Å². The van der Waals surface area contributed by atoms with Crippen LogP contribution in [0.1, 0.15) is 0 Å². The Morgan fingerprint density at radius 1 is 1.23 bits per heavy atom. The number of anilines is 1. The highest BCUT2D eigenvalue weighted by Gasteiger charge is 2.14. The van der Waals surface area contributed by atoms with Crippen molar-refractivity contribution in [2.45, 2.75) is 0 Å². The van der Waals surface area contributed by atoms with Crippen molar-refractivity contribution < 1.29 is 19.4 Å². The molecule has 1 N–H and O–H groups in total. The fourth-order valence-electron chi connectivity index (χ4n) is 2.08. The molecule has 0 bridgehead atoms. The van der Waals surface area contributed by atoms with Gasteiger partial charge >= 0.3 is 5.97 Å². The minimum Gasteiger partial charge on any atom is -0.496 e. The van der Waals surface area contributed by atoms with E-state index in [1.807, 2.05) is 43.3 Å². The van der Waals surface area contributed by atoms with Gasteiger partial charge in [0.2, 0.25) is 0 Å². The first-order valence-corrected chi connectivity index (χ1v) is 6.74. The number of ether oxygens (including phenoxy) is 2. The quantitative estimate of drug-likeness (QED) is 0.889.